The smallest absolute Gasteiger partial charge is 0.259 e. The first-order valence-corrected chi connectivity index (χ1v) is 10.1. The van der Waals surface area contributed by atoms with Gasteiger partial charge in [0, 0.05) is 28.0 Å². The molecule has 1 heterocycles. The monoisotopic (exact) mass is 424 g/mol. The van der Waals surface area contributed by atoms with Gasteiger partial charge in [-0.05, 0) is 49.7 Å². The standard InChI is InChI=1S/C23H25ClN4O2/c1-14(2)22(29)25-18-9-11-19(12-10-18)26-23(30)21-15(3)27-28(16(21)4)13-17-7-5-6-8-20(17)24/h5-12,14H,13H2,1-4H3,(H,25,29)(H,26,30). The lowest BCUT2D eigenvalue weighted by molar-refractivity contribution is -0.118. The number of halogens is 1. The minimum Gasteiger partial charge on any atom is -0.326 e. The number of rotatable bonds is 6. The van der Waals surface area contributed by atoms with E-state index >= 15 is 0 Å². The summed E-state index contributed by atoms with van der Waals surface area (Å²) in [4.78, 5) is 24.7. The van der Waals surface area contributed by atoms with Crippen molar-refractivity contribution in [1.82, 2.24) is 9.78 Å². The molecule has 0 unspecified atom stereocenters. The van der Waals surface area contributed by atoms with Crippen molar-refractivity contribution in [2.75, 3.05) is 10.6 Å². The molecule has 30 heavy (non-hydrogen) atoms. The Balaban J connectivity index is 1.73. The molecule has 0 radical (unpaired) electrons. The third-order valence-corrected chi connectivity index (χ3v) is 5.19. The van der Waals surface area contributed by atoms with Crippen LogP contribution in [0.1, 0.15) is 41.2 Å². The van der Waals surface area contributed by atoms with E-state index in [1.54, 1.807) is 28.9 Å². The molecule has 2 amide bonds. The van der Waals surface area contributed by atoms with Crippen LogP contribution in [0.4, 0.5) is 11.4 Å². The van der Waals surface area contributed by atoms with Crippen molar-refractivity contribution in [3.8, 4) is 0 Å². The molecule has 2 N–H and O–H groups in total. The number of anilines is 2. The topological polar surface area (TPSA) is 76.0 Å². The SMILES string of the molecule is Cc1nn(Cc2ccccc2Cl)c(C)c1C(=O)Nc1ccc(NC(=O)C(C)C)cc1. The fourth-order valence-corrected chi connectivity index (χ4v) is 3.28. The molecule has 0 aliphatic heterocycles. The molecule has 7 heteroatoms. The third-order valence-electron chi connectivity index (χ3n) is 4.82. The van der Waals surface area contributed by atoms with E-state index in [1.165, 1.54) is 0 Å². The van der Waals surface area contributed by atoms with Crippen molar-refractivity contribution < 1.29 is 9.59 Å². The molecule has 6 nitrogen and oxygen atoms in total. The summed E-state index contributed by atoms with van der Waals surface area (Å²) in [6, 6.07) is 14.6. The van der Waals surface area contributed by atoms with Crippen LogP contribution in [-0.2, 0) is 11.3 Å². The zero-order valence-corrected chi connectivity index (χ0v) is 18.2. The maximum atomic E-state index is 12.9. The van der Waals surface area contributed by atoms with Crippen LogP contribution in [0.5, 0.6) is 0 Å². The van der Waals surface area contributed by atoms with Crippen molar-refractivity contribution in [2.24, 2.45) is 5.92 Å². The molecule has 0 atom stereocenters. The van der Waals surface area contributed by atoms with Crippen LogP contribution in [0.2, 0.25) is 5.02 Å². The number of carbonyl (C=O) groups is 2. The molecular weight excluding hydrogens is 400 g/mol. The zero-order valence-electron chi connectivity index (χ0n) is 17.5. The van der Waals surface area contributed by atoms with Gasteiger partial charge in [-0.25, -0.2) is 0 Å². The van der Waals surface area contributed by atoms with Gasteiger partial charge in [-0.2, -0.15) is 5.10 Å². The lowest BCUT2D eigenvalue weighted by atomic mass is 10.1. The molecule has 0 aliphatic rings. The Bertz CT molecular complexity index is 1070. The lowest BCUT2D eigenvalue weighted by Gasteiger charge is -2.10. The summed E-state index contributed by atoms with van der Waals surface area (Å²) in [5.74, 6) is -0.379. The largest absolute Gasteiger partial charge is 0.326 e. The first-order chi connectivity index (χ1) is 14.3. The highest BCUT2D eigenvalue weighted by Gasteiger charge is 2.19. The normalized spacial score (nSPS) is 10.9. The second-order valence-corrected chi connectivity index (χ2v) is 7.88. The molecule has 0 saturated carbocycles. The number of aromatic nitrogens is 2. The zero-order chi connectivity index (χ0) is 21.8. The summed E-state index contributed by atoms with van der Waals surface area (Å²) in [6.07, 6.45) is 0. The second kappa shape index (κ2) is 9.13. The van der Waals surface area contributed by atoms with E-state index < -0.39 is 0 Å². The maximum absolute atomic E-state index is 12.9. The van der Waals surface area contributed by atoms with Gasteiger partial charge >= 0.3 is 0 Å². The van der Waals surface area contributed by atoms with Crippen LogP contribution in [0.25, 0.3) is 0 Å². The summed E-state index contributed by atoms with van der Waals surface area (Å²) >= 11 is 6.26. The van der Waals surface area contributed by atoms with Crippen LogP contribution in [-0.4, -0.2) is 21.6 Å². The van der Waals surface area contributed by atoms with Crippen molar-refractivity contribution in [3.63, 3.8) is 0 Å². The van der Waals surface area contributed by atoms with Crippen molar-refractivity contribution in [1.29, 1.82) is 0 Å². The van der Waals surface area contributed by atoms with E-state index in [1.807, 2.05) is 52.0 Å². The summed E-state index contributed by atoms with van der Waals surface area (Å²) in [5, 5.41) is 10.9. The first kappa shape index (κ1) is 21.6. The minimum absolute atomic E-state index is 0.0519. The maximum Gasteiger partial charge on any atom is 0.259 e. The quantitative estimate of drug-likeness (QED) is 0.581. The molecule has 0 spiro atoms. The molecule has 0 bridgehead atoms. The van der Waals surface area contributed by atoms with Gasteiger partial charge in [-0.3, -0.25) is 14.3 Å². The number of hydrogen-bond acceptors (Lipinski definition) is 3. The Labute approximate surface area is 181 Å². The average molecular weight is 425 g/mol. The number of hydrogen-bond donors (Lipinski definition) is 2. The van der Waals surface area contributed by atoms with Gasteiger partial charge in [-0.15, -0.1) is 0 Å². The predicted octanol–water partition coefficient (Wildman–Crippen LogP) is 5.05. The fraction of sp³-hybridized carbons (Fsp3) is 0.261. The van der Waals surface area contributed by atoms with Gasteiger partial charge in [0.05, 0.1) is 17.8 Å². The van der Waals surface area contributed by atoms with E-state index in [0.717, 1.165) is 11.3 Å². The molecular formula is C23H25ClN4O2. The van der Waals surface area contributed by atoms with Gasteiger partial charge in [0.15, 0.2) is 0 Å². The first-order valence-electron chi connectivity index (χ1n) is 9.76. The number of benzene rings is 2. The van der Waals surface area contributed by atoms with Crippen LogP contribution in [0, 0.1) is 19.8 Å². The second-order valence-electron chi connectivity index (χ2n) is 7.47. The number of nitrogens with one attached hydrogen (secondary N) is 2. The van der Waals surface area contributed by atoms with Crippen molar-refractivity contribution >= 4 is 34.8 Å². The summed E-state index contributed by atoms with van der Waals surface area (Å²) in [5.41, 5.74) is 4.23. The molecule has 1 aromatic heterocycles. The Hall–Kier alpha value is -3.12. The molecule has 2 aromatic carbocycles. The van der Waals surface area contributed by atoms with Gasteiger partial charge in [0.25, 0.3) is 5.91 Å². The van der Waals surface area contributed by atoms with Crippen LogP contribution >= 0.6 is 11.6 Å². The molecule has 3 aromatic rings. The van der Waals surface area contributed by atoms with Gasteiger partial charge in [0.1, 0.15) is 0 Å². The molecule has 156 valence electrons. The Kier molecular flexibility index (Phi) is 6.57. The summed E-state index contributed by atoms with van der Waals surface area (Å²) in [7, 11) is 0. The number of carbonyl (C=O) groups excluding carboxylic acids is 2. The van der Waals surface area contributed by atoms with E-state index in [2.05, 4.69) is 15.7 Å². The number of amides is 2. The number of aryl methyl sites for hydroxylation is 1. The van der Waals surface area contributed by atoms with Gasteiger partial charge in [-0.1, -0.05) is 43.6 Å². The summed E-state index contributed by atoms with van der Waals surface area (Å²) < 4.78 is 1.79. The third kappa shape index (κ3) is 4.89. The molecule has 0 aliphatic carbocycles. The van der Waals surface area contributed by atoms with E-state index in [9.17, 15) is 9.59 Å². The Morgan fingerprint density at radius 1 is 1.00 bits per heavy atom. The van der Waals surface area contributed by atoms with Crippen molar-refractivity contribution in [2.45, 2.75) is 34.2 Å². The van der Waals surface area contributed by atoms with Crippen LogP contribution in [0.3, 0.4) is 0 Å². The van der Waals surface area contributed by atoms with E-state index in [0.29, 0.717) is 34.2 Å². The van der Waals surface area contributed by atoms with Crippen LogP contribution in [0.15, 0.2) is 48.5 Å². The highest BCUT2D eigenvalue weighted by Crippen LogP contribution is 2.21. The summed E-state index contributed by atoms with van der Waals surface area (Å²) in [6.45, 7) is 7.84. The lowest BCUT2D eigenvalue weighted by Crippen LogP contribution is -2.18. The van der Waals surface area contributed by atoms with E-state index in [-0.39, 0.29) is 17.7 Å². The molecule has 0 fully saturated rings. The minimum atomic E-state index is -0.227. The van der Waals surface area contributed by atoms with Crippen LogP contribution < -0.4 is 10.6 Å². The fourth-order valence-electron chi connectivity index (χ4n) is 3.08. The number of nitrogens with zero attached hydrogens (tertiary/aromatic N) is 2. The Morgan fingerprint density at radius 3 is 2.20 bits per heavy atom. The van der Waals surface area contributed by atoms with Gasteiger partial charge < -0.3 is 10.6 Å². The van der Waals surface area contributed by atoms with Gasteiger partial charge in [0.2, 0.25) is 5.91 Å². The van der Waals surface area contributed by atoms with E-state index in [4.69, 9.17) is 11.6 Å². The molecule has 0 saturated heterocycles. The highest BCUT2D eigenvalue weighted by molar-refractivity contribution is 6.31. The molecule has 3 rings (SSSR count). The average Bonchev–Trinajstić information content (AvgIpc) is 2.98. The predicted molar refractivity (Wildman–Crippen MR) is 120 cm³/mol. The van der Waals surface area contributed by atoms with Crippen molar-refractivity contribution in [3.05, 3.63) is 76.1 Å². The highest BCUT2D eigenvalue weighted by atomic mass is 35.5. The Morgan fingerprint density at radius 2 is 1.60 bits per heavy atom.